The lowest BCUT2D eigenvalue weighted by atomic mass is 10.1. The van der Waals surface area contributed by atoms with E-state index in [4.69, 9.17) is 0 Å². The number of halogens is 1. The van der Waals surface area contributed by atoms with Gasteiger partial charge in [0.25, 0.3) is 0 Å². The summed E-state index contributed by atoms with van der Waals surface area (Å²) in [6.07, 6.45) is 7.58. The van der Waals surface area contributed by atoms with Gasteiger partial charge in [0, 0.05) is 45.5 Å². The van der Waals surface area contributed by atoms with Crippen LogP contribution >= 0.6 is 24.0 Å². The summed E-state index contributed by atoms with van der Waals surface area (Å²) in [5.41, 5.74) is 1.11. The van der Waals surface area contributed by atoms with E-state index in [1.54, 1.807) is 19.2 Å². The molecule has 8 heteroatoms. The van der Waals surface area contributed by atoms with Crippen LogP contribution in [-0.2, 0) is 16.3 Å². The molecule has 0 spiro atoms. The molecule has 0 aromatic heterocycles. The van der Waals surface area contributed by atoms with Crippen molar-refractivity contribution in [2.24, 2.45) is 10.9 Å². The van der Waals surface area contributed by atoms with Gasteiger partial charge in [0.05, 0.1) is 4.90 Å². The topological polar surface area (TPSA) is 73.8 Å². The van der Waals surface area contributed by atoms with Crippen LogP contribution in [0.4, 0.5) is 0 Å². The summed E-state index contributed by atoms with van der Waals surface area (Å²) in [4.78, 5) is 7.30. The van der Waals surface area contributed by atoms with Crippen LogP contribution in [0, 0.1) is 5.92 Å². The summed E-state index contributed by atoms with van der Waals surface area (Å²) in [7, 11) is -1.34. The molecule has 6 nitrogen and oxygen atoms in total. The SMILES string of the molecule is CN=C(NCCc1ccc(S(C)(=O)=O)cc1)NCCN(CC1CC1)C1CC1.I. The van der Waals surface area contributed by atoms with Gasteiger partial charge in [0.1, 0.15) is 0 Å². The Kier molecular flexibility index (Phi) is 9.01. The summed E-state index contributed by atoms with van der Waals surface area (Å²) in [6, 6.07) is 7.91. The van der Waals surface area contributed by atoms with Gasteiger partial charge in [0.2, 0.25) is 0 Å². The Labute approximate surface area is 186 Å². The second-order valence-electron chi connectivity index (χ2n) is 7.76. The van der Waals surface area contributed by atoms with E-state index in [2.05, 4.69) is 20.5 Å². The largest absolute Gasteiger partial charge is 0.356 e. The standard InChI is InChI=1S/C20H32N4O2S.HI/c1-21-20(23-13-14-24(18-7-8-18)15-17-3-4-17)22-12-11-16-5-9-19(10-6-16)27(2,25)26;/h5-6,9-10,17-18H,3-4,7-8,11-15H2,1-2H3,(H2,21,22,23);1H. The molecule has 0 atom stereocenters. The lowest BCUT2D eigenvalue weighted by Gasteiger charge is -2.22. The number of nitrogens with zero attached hydrogens (tertiary/aromatic N) is 2. The zero-order valence-electron chi connectivity index (χ0n) is 16.9. The highest BCUT2D eigenvalue weighted by atomic mass is 127. The quantitative estimate of drug-likeness (QED) is 0.282. The molecule has 28 heavy (non-hydrogen) atoms. The highest BCUT2D eigenvalue weighted by Crippen LogP contribution is 2.34. The maximum absolute atomic E-state index is 11.5. The van der Waals surface area contributed by atoms with Crippen molar-refractivity contribution < 1.29 is 8.42 Å². The lowest BCUT2D eigenvalue weighted by molar-refractivity contribution is 0.256. The number of hydrogen-bond acceptors (Lipinski definition) is 4. The van der Waals surface area contributed by atoms with E-state index in [0.29, 0.717) is 4.90 Å². The highest BCUT2D eigenvalue weighted by Gasteiger charge is 2.33. The summed E-state index contributed by atoms with van der Waals surface area (Å²) in [6.45, 7) is 4.01. The molecular formula is C20H33IN4O2S. The predicted octanol–water partition coefficient (Wildman–Crippen LogP) is 2.29. The van der Waals surface area contributed by atoms with Crippen molar-refractivity contribution in [3.05, 3.63) is 29.8 Å². The smallest absolute Gasteiger partial charge is 0.191 e. The molecule has 0 radical (unpaired) electrons. The normalized spacial score (nSPS) is 17.3. The van der Waals surface area contributed by atoms with Gasteiger partial charge in [-0.3, -0.25) is 9.89 Å². The monoisotopic (exact) mass is 520 g/mol. The highest BCUT2D eigenvalue weighted by molar-refractivity contribution is 14.0. The molecule has 0 aliphatic heterocycles. The van der Waals surface area contributed by atoms with Gasteiger partial charge in [-0.05, 0) is 55.7 Å². The van der Waals surface area contributed by atoms with Crippen LogP contribution in [-0.4, -0.2) is 64.8 Å². The summed E-state index contributed by atoms with van der Waals surface area (Å²) in [5, 5.41) is 6.75. The molecule has 0 heterocycles. The third-order valence-corrected chi connectivity index (χ3v) is 6.35. The molecule has 2 aliphatic carbocycles. The number of nitrogens with one attached hydrogen (secondary N) is 2. The minimum atomic E-state index is -3.13. The first-order chi connectivity index (χ1) is 13.0. The zero-order valence-corrected chi connectivity index (χ0v) is 20.0. The van der Waals surface area contributed by atoms with E-state index in [-0.39, 0.29) is 24.0 Å². The first kappa shape index (κ1) is 23.4. The Morgan fingerprint density at radius 3 is 2.29 bits per heavy atom. The predicted molar refractivity (Wildman–Crippen MR) is 125 cm³/mol. The van der Waals surface area contributed by atoms with Crippen molar-refractivity contribution in [3.63, 3.8) is 0 Å². The van der Waals surface area contributed by atoms with Crippen LogP contribution in [0.15, 0.2) is 34.2 Å². The van der Waals surface area contributed by atoms with Crippen LogP contribution < -0.4 is 10.6 Å². The second kappa shape index (κ2) is 10.8. The molecule has 3 rings (SSSR count). The van der Waals surface area contributed by atoms with Gasteiger partial charge in [-0.2, -0.15) is 0 Å². The van der Waals surface area contributed by atoms with E-state index in [9.17, 15) is 8.42 Å². The molecule has 0 amide bonds. The molecule has 2 aliphatic rings. The molecule has 0 bridgehead atoms. The molecule has 158 valence electrons. The van der Waals surface area contributed by atoms with Crippen molar-refractivity contribution in [1.82, 2.24) is 15.5 Å². The first-order valence-electron chi connectivity index (χ1n) is 9.93. The van der Waals surface area contributed by atoms with E-state index >= 15 is 0 Å². The van der Waals surface area contributed by atoms with Crippen molar-refractivity contribution >= 4 is 39.8 Å². The van der Waals surface area contributed by atoms with E-state index in [1.165, 1.54) is 38.5 Å². The molecule has 2 saturated carbocycles. The Morgan fingerprint density at radius 1 is 1.11 bits per heavy atom. The fourth-order valence-electron chi connectivity index (χ4n) is 3.26. The molecule has 1 aromatic carbocycles. The van der Waals surface area contributed by atoms with Crippen molar-refractivity contribution in [2.75, 3.05) is 39.5 Å². The van der Waals surface area contributed by atoms with Gasteiger partial charge in [0.15, 0.2) is 15.8 Å². The van der Waals surface area contributed by atoms with Gasteiger partial charge in [-0.15, -0.1) is 24.0 Å². The van der Waals surface area contributed by atoms with E-state index in [0.717, 1.165) is 49.5 Å². The lowest BCUT2D eigenvalue weighted by Crippen LogP contribution is -2.43. The maximum Gasteiger partial charge on any atom is 0.191 e. The van der Waals surface area contributed by atoms with Gasteiger partial charge in [-0.1, -0.05) is 12.1 Å². The molecule has 2 N–H and O–H groups in total. The Bertz CT molecular complexity index is 744. The number of sulfone groups is 1. The average molecular weight is 520 g/mol. The third kappa shape index (κ3) is 7.87. The van der Waals surface area contributed by atoms with E-state index < -0.39 is 9.84 Å². The fraction of sp³-hybridized carbons (Fsp3) is 0.650. The van der Waals surface area contributed by atoms with Crippen LogP contribution in [0.3, 0.4) is 0 Å². The number of aliphatic imine (C=N–C) groups is 1. The van der Waals surface area contributed by atoms with Crippen LogP contribution in [0.1, 0.15) is 31.2 Å². The minimum absolute atomic E-state index is 0. The third-order valence-electron chi connectivity index (χ3n) is 5.23. The Morgan fingerprint density at radius 2 is 1.75 bits per heavy atom. The Balaban J connectivity index is 0.00000280. The van der Waals surface area contributed by atoms with Crippen molar-refractivity contribution in [3.8, 4) is 0 Å². The van der Waals surface area contributed by atoms with Crippen LogP contribution in [0.25, 0.3) is 0 Å². The van der Waals surface area contributed by atoms with Crippen molar-refractivity contribution in [1.29, 1.82) is 0 Å². The summed E-state index contributed by atoms with van der Waals surface area (Å²) < 4.78 is 23.0. The zero-order chi connectivity index (χ0) is 19.3. The van der Waals surface area contributed by atoms with Gasteiger partial charge >= 0.3 is 0 Å². The number of benzene rings is 1. The fourth-order valence-corrected chi connectivity index (χ4v) is 3.89. The van der Waals surface area contributed by atoms with Crippen LogP contribution in [0.2, 0.25) is 0 Å². The summed E-state index contributed by atoms with van der Waals surface area (Å²) >= 11 is 0. The number of hydrogen-bond donors (Lipinski definition) is 2. The number of guanidine groups is 1. The second-order valence-corrected chi connectivity index (χ2v) is 9.78. The van der Waals surface area contributed by atoms with Crippen LogP contribution in [0.5, 0.6) is 0 Å². The van der Waals surface area contributed by atoms with Gasteiger partial charge in [-0.25, -0.2) is 8.42 Å². The molecule has 1 aromatic rings. The molecule has 0 unspecified atom stereocenters. The Hall–Kier alpha value is -0.870. The maximum atomic E-state index is 11.5. The first-order valence-corrected chi connectivity index (χ1v) is 11.8. The molecule has 2 fully saturated rings. The molecular weight excluding hydrogens is 487 g/mol. The average Bonchev–Trinajstić information content (AvgIpc) is 3.53. The minimum Gasteiger partial charge on any atom is -0.356 e. The molecule has 0 saturated heterocycles. The van der Waals surface area contributed by atoms with E-state index in [1.807, 2.05) is 12.1 Å². The number of rotatable bonds is 10. The van der Waals surface area contributed by atoms with Crippen molar-refractivity contribution in [2.45, 2.75) is 43.0 Å². The summed E-state index contributed by atoms with van der Waals surface area (Å²) in [5.74, 6) is 1.77. The van der Waals surface area contributed by atoms with Gasteiger partial charge < -0.3 is 10.6 Å².